The average Bonchev–Trinajstić information content (AvgIpc) is 2.54. The van der Waals surface area contributed by atoms with Crippen molar-refractivity contribution in [1.82, 2.24) is 9.21 Å². The Balaban J connectivity index is 2.00. The van der Waals surface area contributed by atoms with E-state index in [2.05, 4.69) is 5.32 Å². The van der Waals surface area contributed by atoms with Gasteiger partial charge in [-0.1, -0.05) is 11.6 Å². The number of benzene rings is 1. The van der Waals surface area contributed by atoms with Crippen molar-refractivity contribution in [2.45, 2.75) is 0 Å². The van der Waals surface area contributed by atoms with Gasteiger partial charge in [-0.15, -0.1) is 0 Å². The molecule has 0 spiro atoms. The molecule has 128 valence electrons. The number of nitrogens with one attached hydrogen (secondary N) is 1. The second kappa shape index (κ2) is 7.66. The molecule has 1 fully saturated rings. The number of carbonyl (C=O) groups is 1. The molecule has 1 amide bonds. The third-order valence-electron chi connectivity index (χ3n) is 3.52. The molecule has 1 aromatic rings. The fraction of sp³-hybridized carbons (Fsp3) is 0.333. The first kappa shape index (κ1) is 18.3. The van der Waals surface area contributed by atoms with Crippen molar-refractivity contribution < 1.29 is 13.2 Å². The van der Waals surface area contributed by atoms with Crippen LogP contribution in [0.1, 0.15) is 0 Å². The molecule has 24 heavy (non-hydrogen) atoms. The SMILES string of the molecule is CS(=O)(=O)N1CCN(/C=C(/C#N)C(=O)Nc2ccc(Cl)cc2)CC1. The highest BCUT2D eigenvalue weighted by molar-refractivity contribution is 7.88. The summed E-state index contributed by atoms with van der Waals surface area (Å²) in [4.78, 5) is 13.9. The van der Waals surface area contributed by atoms with Crippen LogP contribution < -0.4 is 5.32 Å². The van der Waals surface area contributed by atoms with E-state index < -0.39 is 15.9 Å². The molecule has 0 bridgehead atoms. The summed E-state index contributed by atoms with van der Waals surface area (Å²) in [5, 5.41) is 12.4. The maximum Gasteiger partial charge on any atom is 0.267 e. The molecular weight excluding hydrogens is 352 g/mol. The normalized spacial score (nSPS) is 16.5. The number of hydrogen-bond acceptors (Lipinski definition) is 5. The maximum atomic E-state index is 12.2. The van der Waals surface area contributed by atoms with Crippen LogP contribution in [0, 0.1) is 11.3 Å². The number of amides is 1. The van der Waals surface area contributed by atoms with Crippen molar-refractivity contribution >= 4 is 33.2 Å². The molecule has 0 unspecified atom stereocenters. The van der Waals surface area contributed by atoms with E-state index in [0.717, 1.165) is 0 Å². The summed E-state index contributed by atoms with van der Waals surface area (Å²) in [6, 6.07) is 8.42. The van der Waals surface area contributed by atoms with Gasteiger partial charge in [-0.2, -0.15) is 9.57 Å². The van der Waals surface area contributed by atoms with Crippen molar-refractivity contribution in [1.29, 1.82) is 5.26 Å². The van der Waals surface area contributed by atoms with E-state index in [1.807, 2.05) is 6.07 Å². The van der Waals surface area contributed by atoms with Crippen molar-refractivity contribution in [3.8, 4) is 6.07 Å². The Morgan fingerprint density at radius 3 is 2.33 bits per heavy atom. The van der Waals surface area contributed by atoms with Crippen molar-refractivity contribution in [3.63, 3.8) is 0 Å². The number of nitrogens with zero attached hydrogens (tertiary/aromatic N) is 3. The van der Waals surface area contributed by atoms with Gasteiger partial charge < -0.3 is 10.2 Å². The van der Waals surface area contributed by atoms with Gasteiger partial charge >= 0.3 is 0 Å². The number of piperazine rings is 1. The lowest BCUT2D eigenvalue weighted by atomic mass is 10.2. The summed E-state index contributed by atoms with van der Waals surface area (Å²) in [7, 11) is -3.21. The Labute approximate surface area is 146 Å². The van der Waals surface area contributed by atoms with Crippen molar-refractivity contribution in [2.24, 2.45) is 0 Å². The van der Waals surface area contributed by atoms with Gasteiger partial charge in [0, 0.05) is 43.1 Å². The third kappa shape index (κ3) is 4.96. The Kier molecular flexibility index (Phi) is 5.83. The predicted molar refractivity (Wildman–Crippen MR) is 91.8 cm³/mol. The van der Waals surface area contributed by atoms with E-state index in [9.17, 15) is 18.5 Å². The quantitative estimate of drug-likeness (QED) is 0.638. The smallest absolute Gasteiger partial charge is 0.267 e. The molecule has 7 nitrogen and oxygen atoms in total. The Hall–Kier alpha value is -2.08. The van der Waals surface area contributed by atoms with E-state index in [0.29, 0.717) is 36.9 Å². The monoisotopic (exact) mass is 368 g/mol. The number of sulfonamides is 1. The minimum Gasteiger partial charge on any atom is -0.373 e. The molecule has 1 aliphatic rings. The molecule has 0 aromatic heterocycles. The molecule has 1 aromatic carbocycles. The lowest BCUT2D eigenvalue weighted by Crippen LogP contribution is -2.46. The van der Waals surface area contributed by atoms with Gasteiger partial charge in [-0.05, 0) is 24.3 Å². The number of rotatable bonds is 4. The number of hydrogen-bond donors (Lipinski definition) is 1. The Bertz CT molecular complexity index is 776. The fourth-order valence-corrected chi connectivity index (χ4v) is 3.17. The molecule has 0 aliphatic carbocycles. The van der Waals surface area contributed by atoms with Gasteiger partial charge in [0.2, 0.25) is 10.0 Å². The first-order valence-electron chi connectivity index (χ1n) is 7.17. The largest absolute Gasteiger partial charge is 0.373 e. The topological polar surface area (TPSA) is 93.5 Å². The van der Waals surface area contributed by atoms with Crippen LogP contribution in [-0.4, -0.2) is 56.0 Å². The number of nitriles is 1. The van der Waals surface area contributed by atoms with Gasteiger partial charge in [0.1, 0.15) is 11.6 Å². The summed E-state index contributed by atoms with van der Waals surface area (Å²) in [6.45, 7) is 1.50. The zero-order valence-corrected chi connectivity index (χ0v) is 14.6. The lowest BCUT2D eigenvalue weighted by molar-refractivity contribution is -0.112. The molecule has 9 heteroatoms. The van der Waals surface area contributed by atoms with E-state index in [4.69, 9.17) is 11.6 Å². The highest BCUT2D eigenvalue weighted by Gasteiger charge is 2.23. The Morgan fingerprint density at radius 2 is 1.83 bits per heavy atom. The first-order chi connectivity index (χ1) is 11.3. The summed E-state index contributed by atoms with van der Waals surface area (Å²) in [6.07, 6.45) is 2.63. The van der Waals surface area contributed by atoms with Crippen LogP contribution in [0.15, 0.2) is 36.0 Å². The minimum absolute atomic E-state index is 0.0437. The van der Waals surface area contributed by atoms with Crippen LogP contribution in [0.25, 0.3) is 0 Å². The van der Waals surface area contributed by atoms with E-state index in [-0.39, 0.29) is 5.57 Å². The summed E-state index contributed by atoms with van der Waals surface area (Å²) >= 11 is 5.78. The van der Waals surface area contributed by atoms with Gasteiger partial charge in [-0.3, -0.25) is 4.79 Å². The summed E-state index contributed by atoms with van der Waals surface area (Å²) in [5.74, 6) is -0.523. The molecule has 0 radical (unpaired) electrons. The highest BCUT2D eigenvalue weighted by atomic mass is 35.5. The molecule has 0 atom stereocenters. The average molecular weight is 369 g/mol. The zero-order chi connectivity index (χ0) is 17.7. The Morgan fingerprint density at radius 1 is 1.25 bits per heavy atom. The van der Waals surface area contributed by atoms with E-state index in [1.54, 1.807) is 29.2 Å². The maximum absolute atomic E-state index is 12.2. The third-order valence-corrected chi connectivity index (χ3v) is 5.08. The number of halogens is 1. The van der Waals surface area contributed by atoms with Crippen LogP contribution in [0.2, 0.25) is 5.02 Å². The molecule has 0 saturated carbocycles. The first-order valence-corrected chi connectivity index (χ1v) is 9.40. The molecule has 2 rings (SSSR count). The van der Waals surface area contributed by atoms with Gasteiger partial charge in [0.25, 0.3) is 5.91 Å². The number of carbonyl (C=O) groups excluding carboxylic acids is 1. The van der Waals surface area contributed by atoms with Crippen molar-refractivity contribution in [3.05, 3.63) is 41.1 Å². The molecule has 1 saturated heterocycles. The fourth-order valence-electron chi connectivity index (χ4n) is 2.22. The van der Waals surface area contributed by atoms with Crippen molar-refractivity contribution in [2.75, 3.05) is 37.8 Å². The van der Waals surface area contributed by atoms with Gasteiger partial charge in [0.05, 0.1) is 6.26 Å². The summed E-state index contributed by atoms with van der Waals surface area (Å²) in [5.41, 5.74) is 0.491. The molecular formula is C15H17ClN4O3S. The van der Waals surface area contributed by atoms with Crippen LogP contribution in [0.5, 0.6) is 0 Å². The number of anilines is 1. The zero-order valence-electron chi connectivity index (χ0n) is 13.1. The molecule has 1 heterocycles. The molecule has 1 N–H and O–H groups in total. The second-order valence-electron chi connectivity index (χ2n) is 5.31. The minimum atomic E-state index is -3.21. The standard InChI is InChI=1S/C15H17ClN4O3S/c1-24(22,23)20-8-6-19(7-9-20)11-12(10-17)15(21)18-14-4-2-13(16)3-5-14/h2-5,11H,6-9H2,1H3,(H,18,21)/b12-11-. The highest BCUT2D eigenvalue weighted by Crippen LogP contribution is 2.14. The second-order valence-corrected chi connectivity index (χ2v) is 7.73. The lowest BCUT2D eigenvalue weighted by Gasteiger charge is -2.32. The van der Waals surface area contributed by atoms with Crippen LogP contribution >= 0.6 is 11.6 Å². The van der Waals surface area contributed by atoms with Gasteiger partial charge in [0.15, 0.2) is 0 Å². The van der Waals surface area contributed by atoms with Crippen LogP contribution in [-0.2, 0) is 14.8 Å². The van der Waals surface area contributed by atoms with E-state index >= 15 is 0 Å². The molecule has 1 aliphatic heterocycles. The van der Waals surface area contributed by atoms with E-state index in [1.165, 1.54) is 16.8 Å². The predicted octanol–water partition coefficient (Wildman–Crippen LogP) is 1.26. The van der Waals surface area contributed by atoms with Crippen LogP contribution in [0.4, 0.5) is 5.69 Å². The van der Waals surface area contributed by atoms with Gasteiger partial charge in [-0.25, -0.2) is 8.42 Å². The summed E-state index contributed by atoms with van der Waals surface area (Å²) < 4.78 is 24.3. The van der Waals surface area contributed by atoms with Crippen LogP contribution in [0.3, 0.4) is 0 Å².